The smallest absolute Gasteiger partial charge is 0.433 e. The van der Waals surface area contributed by atoms with Crippen molar-refractivity contribution in [3.05, 3.63) is 38.2 Å². The summed E-state index contributed by atoms with van der Waals surface area (Å²) in [6.07, 6.45) is -4.83. The maximum absolute atomic E-state index is 12.5. The molecule has 112 valence electrons. The number of carbonyl (C=O) groups is 1. The Morgan fingerprint density at radius 2 is 2.10 bits per heavy atom. The lowest BCUT2D eigenvalue weighted by Gasteiger charge is -2.07. The molecule has 2 aromatic rings. The van der Waals surface area contributed by atoms with Gasteiger partial charge in [-0.05, 0) is 0 Å². The van der Waals surface area contributed by atoms with Gasteiger partial charge in [0, 0.05) is 13.0 Å². The number of aromatic nitrogens is 4. The summed E-state index contributed by atoms with van der Waals surface area (Å²) in [4.78, 5) is 38.9. The van der Waals surface area contributed by atoms with E-state index in [1.807, 2.05) is 4.98 Å². The predicted octanol–water partition coefficient (Wildman–Crippen LogP) is -0.140. The van der Waals surface area contributed by atoms with Crippen LogP contribution in [-0.2, 0) is 22.3 Å². The van der Waals surface area contributed by atoms with Crippen LogP contribution in [0.25, 0.3) is 5.78 Å². The van der Waals surface area contributed by atoms with E-state index in [0.29, 0.717) is 4.52 Å². The van der Waals surface area contributed by atoms with Crippen LogP contribution < -0.4 is 11.1 Å². The number of aromatic amines is 1. The molecule has 2 rings (SSSR count). The number of fused-ring (bicyclic) bond motifs is 1. The molecule has 0 aromatic carbocycles. The highest BCUT2D eigenvalue weighted by molar-refractivity contribution is 5.65. The Morgan fingerprint density at radius 1 is 1.43 bits per heavy atom. The molecule has 0 unspecified atom stereocenters. The van der Waals surface area contributed by atoms with Crippen molar-refractivity contribution >= 4 is 11.7 Å². The van der Waals surface area contributed by atoms with Crippen LogP contribution >= 0.6 is 0 Å². The monoisotopic (exact) mass is 304 g/mol. The molecule has 8 nitrogen and oxygen atoms in total. The minimum Gasteiger partial charge on any atom is -0.459 e. The average molecular weight is 304 g/mol. The zero-order valence-corrected chi connectivity index (χ0v) is 10.4. The molecule has 0 saturated carbocycles. The summed E-state index contributed by atoms with van der Waals surface area (Å²) < 4.78 is 42.5. The Kier molecular flexibility index (Phi) is 3.49. The number of esters is 1. The fourth-order valence-electron chi connectivity index (χ4n) is 1.40. The predicted molar refractivity (Wildman–Crippen MR) is 60.3 cm³/mol. The van der Waals surface area contributed by atoms with E-state index < -0.39 is 41.3 Å². The summed E-state index contributed by atoms with van der Waals surface area (Å²) in [6.45, 7) is 0.576. The van der Waals surface area contributed by atoms with Crippen molar-refractivity contribution < 1.29 is 22.7 Å². The highest BCUT2D eigenvalue weighted by Crippen LogP contribution is 2.26. The molecule has 0 amide bonds. The molecule has 2 heterocycles. The van der Waals surface area contributed by atoms with Gasteiger partial charge in [-0.2, -0.15) is 22.8 Å². The summed E-state index contributed by atoms with van der Waals surface area (Å²) in [6, 6.07) is 0.244. The van der Waals surface area contributed by atoms with E-state index in [9.17, 15) is 27.6 Å². The van der Waals surface area contributed by atoms with Crippen LogP contribution in [0.3, 0.4) is 0 Å². The number of alkyl halides is 3. The first-order valence-electron chi connectivity index (χ1n) is 5.42. The minimum absolute atomic E-state index is 0.244. The highest BCUT2D eigenvalue weighted by atomic mass is 19.4. The van der Waals surface area contributed by atoms with Crippen molar-refractivity contribution in [2.24, 2.45) is 0 Å². The van der Waals surface area contributed by atoms with Crippen LogP contribution in [0.4, 0.5) is 13.2 Å². The van der Waals surface area contributed by atoms with Gasteiger partial charge in [-0.1, -0.05) is 0 Å². The molecular formula is C10H7F3N4O4. The van der Waals surface area contributed by atoms with Gasteiger partial charge in [0.1, 0.15) is 6.61 Å². The third-order valence-electron chi connectivity index (χ3n) is 2.31. The number of nitrogens with zero attached hydrogens (tertiary/aromatic N) is 3. The summed E-state index contributed by atoms with van der Waals surface area (Å²) in [7, 11) is 0. The first-order valence-corrected chi connectivity index (χ1v) is 5.42. The van der Waals surface area contributed by atoms with Gasteiger partial charge in [0.15, 0.2) is 11.4 Å². The average Bonchev–Trinajstić information content (AvgIpc) is 2.35. The van der Waals surface area contributed by atoms with Crippen molar-refractivity contribution in [2.75, 3.05) is 0 Å². The summed E-state index contributed by atoms with van der Waals surface area (Å²) >= 11 is 0. The molecule has 0 spiro atoms. The number of nitrogens with one attached hydrogen (secondary N) is 1. The van der Waals surface area contributed by atoms with Crippen LogP contribution in [0, 0.1) is 0 Å². The number of halogens is 3. The molecule has 0 aliphatic heterocycles. The maximum atomic E-state index is 12.5. The fourth-order valence-corrected chi connectivity index (χ4v) is 1.40. The van der Waals surface area contributed by atoms with E-state index in [4.69, 9.17) is 0 Å². The summed E-state index contributed by atoms with van der Waals surface area (Å²) in [5.41, 5.74) is -3.84. The van der Waals surface area contributed by atoms with Crippen molar-refractivity contribution in [3.8, 4) is 0 Å². The molecule has 0 saturated heterocycles. The number of hydrogen-bond donors (Lipinski definition) is 1. The molecule has 2 aromatic heterocycles. The Balaban J connectivity index is 2.60. The Morgan fingerprint density at radius 3 is 2.67 bits per heavy atom. The second kappa shape index (κ2) is 5.00. The van der Waals surface area contributed by atoms with Crippen molar-refractivity contribution in [2.45, 2.75) is 19.7 Å². The van der Waals surface area contributed by atoms with Crippen LogP contribution in [0.1, 0.15) is 18.3 Å². The molecule has 1 N–H and O–H groups in total. The van der Waals surface area contributed by atoms with E-state index in [0.717, 1.165) is 6.92 Å². The van der Waals surface area contributed by atoms with E-state index in [1.54, 1.807) is 0 Å². The lowest BCUT2D eigenvalue weighted by molar-refractivity contribution is -0.142. The number of rotatable bonds is 2. The van der Waals surface area contributed by atoms with Gasteiger partial charge < -0.3 is 4.74 Å². The molecule has 0 radical (unpaired) electrons. The van der Waals surface area contributed by atoms with E-state index in [1.165, 1.54) is 0 Å². The minimum atomic E-state index is -4.83. The van der Waals surface area contributed by atoms with Gasteiger partial charge in [0.2, 0.25) is 5.78 Å². The van der Waals surface area contributed by atoms with Gasteiger partial charge in [0.05, 0.1) is 0 Å². The second-order valence-electron chi connectivity index (χ2n) is 3.89. The third kappa shape index (κ3) is 3.07. The Hall–Kier alpha value is -2.72. The van der Waals surface area contributed by atoms with Crippen molar-refractivity contribution in [1.82, 2.24) is 19.6 Å². The molecular weight excluding hydrogens is 297 g/mol. The van der Waals surface area contributed by atoms with Crippen LogP contribution in [-0.4, -0.2) is 25.6 Å². The molecule has 21 heavy (non-hydrogen) atoms. The van der Waals surface area contributed by atoms with Crippen molar-refractivity contribution in [3.63, 3.8) is 0 Å². The third-order valence-corrected chi connectivity index (χ3v) is 2.31. The number of carbonyl (C=O) groups excluding carboxylic acids is 1. The fraction of sp³-hybridized carbons (Fsp3) is 0.300. The molecule has 0 atom stereocenters. The van der Waals surface area contributed by atoms with Gasteiger partial charge in [-0.3, -0.25) is 19.4 Å². The highest BCUT2D eigenvalue weighted by Gasteiger charge is 2.33. The van der Waals surface area contributed by atoms with E-state index in [-0.39, 0.29) is 11.8 Å². The first-order chi connectivity index (χ1) is 9.68. The van der Waals surface area contributed by atoms with E-state index >= 15 is 0 Å². The van der Waals surface area contributed by atoms with Crippen molar-refractivity contribution in [1.29, 1.82) is 0 Å². The number of hydrogen-bond acceptors (Lipinski definition) is 6. The van der Waals surface area contributed by atoms with Gasteiger partial charge in [-0.25, -0.2) is 4.98 Å². The van der Waals surface area contributed by atoms with Crippen LogP contribution in [0.15, 0.2) is 15.7 Å². The normalized spacial score (nSPS) is 11.6. The zero-order chi connectivity index (χ0) is 15.8. The van der Waals surface area contributed by atoms with E-state index in [2.05, 4.69) is 14.8 Å². The summed E-state index contributed by atoms with van der Waals surface area (Å²) in [5, 5.41) is 3.52. The quantitative estimate of drug-likeness (QED) is 0.774. The lowest BCUT2D eigenvalue weighted by Crippen LogP contribution is -2.29. The van der Waals surface area contributed by atoms with Gasteiger partial charge in [-0.15, -0.1) is 0 Å². The van der Waals surface area contributed by atoms with Gasteiger partial charge >= 0.3 is 12.1 Å². The standard InChI is InChI=1S/C10H7F3N4O4/c1-4(18)21-3-5-8(20)15-9-14-6(10(11,12)13)2-7(19)17(9)16-5/h2H,3H2,1H3,(H,14,15,20). The lowest BCUT2D eigenvalue weighted by atomic mass is 10.4. The van der Waals surface area contributed by atoms with Crippen LogP contribution in [0.5, 0.6) is 0 Å². The second-order valence-corrected chi connectivity index (χ2v) is 3.89. The number of ether oxygens (including phenoxy) is 1. The Bertz CT molecular complexity index is 824. The first kappa shape index (κ1) is 14.7. The van der Waals surface area contributed by atoms with Gasteiger partial charge in [0.25, 0.3) is 11.1 Å². The topological polar surface area (TPSA) is 106 Å². The van der Waals surface area contributed by atoms with Crippen LogP contribution in [0.2, 0.25) is 0 Å². The molecule has 0 fully saturated rings. The number of H-pyrrole nitrogens is 1. The SMILES string of the molecule is CC(=O)OCc1nn2c(=O)cc(C(F)(F)F)nc2[nH]c1=O. The molecule has 0 aliphatic rings. The molecule has 11 heteroatoms. The maximum Gasteiger partial charge on any atom is 0.433 e. The zero-order valence-electron chi connectivity index (χ0n) is 10.4. The Labute approximate surface area is 113 Å². The largest absolute Gasteiger partial charge is 0.459 e. The molecule has 0 aliphatic carbocycles. The molecule has 0 bridgehead atoms. The summed E-state index contributed by atoms with van der Waals surface area (Å²) in [5.74, 6) is -1.35.